The number of para-hydroxylation sites is 2. The number of imidazole rings is 1. The fourth-order valence-corrected chi connectivity index (χ4v) is 4.39. The standard InChI is InChI=1S/C24H29N3O/c1-18(19-10-4-2-5-11-19)27-22-15-9-8-14-21(22)26-23(27)16-17-25-24(28)20-12-6-3-7-13-20/h2,4-5,8-11,14-15,18,20H,3,6-7,12-13,16-17H2,1H3,(H,25,28). The average molecular weight is 376 g/mol. The molecule has 0 radical (unpaired) electrons. The molecule has 1 aliphatic carbocycles. The van der Waals surface area contributed by atoms with E-state index >= 15 is 0 Å². The van der Waals surface area contributed by atoms with Crippen LogP contribution in [0.5, 0.6) is 0 Å². The fraction of sp³-hybridized carbons (Fsp3) is 0.417. The predicted octanol–water partition coefficient (Wildman–Crippen LogP) is 4.88. The van der Waals surface area contributed by atoms with Crippen LogP contribution in [0, 0.1) is 5.92 Å². The van der Waals surface area contributed by atoms with Crippen molar-refractivity contribution in [2.75, 3.05) is 6.54 Å². The van der Waals surface area contributed by atoms with Crippen molar-refractivity contribution < 1.29 is 4.79 Å². The van der Waals surface area contributed by atoms with Crippen LogP contribution in [0.25, 0.3) is 11.0 Å². The number of hydrogen-bond donors (Lipinski definition) is 1. The van der Waals surface area contributed by atoms with Gasteiger partial charge in [-0.1, -0.05) is 61.7 Å². The summed E-state index contributed by atoms with van der Waals surface area (Å²) in [5.74, 6) is 1.45. The molecule has 1 amide bonds. The van der Waals surface area contributed by atoms with Crippen molar-refractivity contribution in [2.24, 2.45) is 5.92 Å². The van der Waals surface area contributed by atoms with Gasteiger partial charge in [-0.2, -0.15) is 0 Å². The van der Waals surface area contributed by atoms with Crippen LogP contribution >= 0.6 is 0 Å². The van der Waals surface area contributed by atoms with E-state index in [1.54, 1.807) is 0 Å². The largest absolute Gasteiger partial charge is 0.355 e. The topological polar surface area (TPSA) is 46.9 Å². The Morgan fingerprint density at radius 2 is 1.79 bits per heavy atom. The molecule has 2 aromatic carbocycles. The van der Waals surface area contributed by atoms with E-state index in [0.29, 0.717) is 6.54 Å². The zero-order chi connectivity index (χ0) is 19.3. The van der Waals surface area contributed by atoms with E-state index in [4.69, 9.17) is 4.98 Å². The van der Waals surface area contributed by atoms with Crippen LogP contribution in [0.3, 0.4) is 0 Å². The minimum absolute atomic E-state index is 0.192. The SMILES string of the molecule is CC(c1ccccc1)n1c(CCNC(=O)C2CCCCC2)nc2ccccc21. The fourth-order valence-electron chi connectivity index (χ4n) is 4.39. The molecule has 0 spiro atoms. The smallest absolute Gasteiger partial charge is 0.223 e. The minimum Gasteiger partial charge on any atom is -0.355 e. The molecule has 146 valence electrons. The summed E-state index contributed by atoms with van der Waals surface area (Å²) in [7, 11) is 0. The first kappa shape index (κ1) is 18.7. The van der Waals surface area contributed by atoms with Crippen molar-refractivity contribution in [1.29, 1.82) is 0 Å². The number of nitrogens with one attached hydrogen (secondary N) is 1. The average Bonchev–Trinajstić information content (AvgIpc) is 3.12. The van der Waals surface area contributed by atoms with Crippen LogP contribution in [0.1, 0.15) is 56.5 Å². The molecular weight excluding hydrogens is 346 g/mol. The maximum atomic E-state index is 12.5. The summed E-state index contributed by atoms with van der Waals surface area (Å²) in [5.41, 5.74) is 3.42. The first-order chi connectivity index (χ1) is 13.7. The van der Waals surface area contributed by atoms with Crippen molar-refractivity contribution in [3.63, 3.8) is 0 Å². The third-order valence-corrected chi connectivity index (χ3v) is 5.96. The van der Waals surface area contributed by atoms with Gasteiger partial charge >= 0.3 is 0 Å². The highest BCUT2D eigenvalue weighted by atomic mass is 16.1. The van der Waals surface area contributed by atoms with E-state index in [9.17, 15) is 4.79 Å². The van der Waals surface area contributed by atoms with E-state index < -0.39 is 0 Å². The molecule has 1 unspecified atom stereocenters. The van der Waals surface area contributed by atoms with Gasteiger partial charge in [0, 0.05) is 18.9 Å². The number of nitrogens with zero attached hydrogens (tertiary/aromatic N) is 2. The monoisotopic (exact) mass is 375 g/mol. The Bertz CT molecular complexity index is 925. The number of carbonyl (C=O) groups excluding carboxylic acids is 1. The van der Waals surface area contributed by atoms with Crippen LogP contribution in [-0.2, 0) is 11.2 Å². The van der Waals surface area contributed by atoms with Crippen molar-refractivity contribution >= 4 is 16.9 Å². The Kier molecular flexibility index (Phi) is 5.75. The highest BCUT2D eigenvalue weighted by Gasteiger charge is 2.21. The number of hydrogen-bond acceptors (Lipinski definition) is 2. The maximum absolute atomic E-state index is 12.5. The van der Waals surface area contributed by atoms with E-state index in [0.717, 1.165) is 36.1 Å². The van der Waals surface area contributed by atoms with Gasteiger partial charge in [0.25, 0.3) is 0 Å². The summed E-state index contributed by atoms with van der Waals surface area (Å²) in [6.07, 6.45) is 6.45. The lowest BCUT2D eigenvalue weighted by Crippen LogP contribution is -2.33. The molecule has 4 heteroatoms. The van der Waals surface area contributed by atoms with Gasteiger partial charge in [0.05, 0.1) is 17.1 Å². The van der Waals surface area contributed by atoms with Gasteiger partial charge in [0.2, 0.25) is 5.91 Å². The van der Waals surface area contributed by atoms with Crippen molar-refractivity contribution in [3.05, 3.63) is 66.0 Å². The van der Waals surface area contributed by atoms with Crippen LogP contribution in [0.4, 0.5) is 0 Å². The molecule has 28 heavy (non-hydrogen) atoms. The number of rotatable bonds is 6. The zero-order valence-corrected chi connectivity index (χ0v) is 16.6. The molecule has 4 nitrogen and oxygen atoms in total. The first-order valence-corrected chi connectivity index (χ1v) is 10.5. The molecular formula is C24H29N3O. The third-order valence-electron chi connectivity index (χ3n) is 5.96. The summed E-state index contributed by atoms with van der Waals surface area (Å²) in [6, 6.07) is 19.0. The van der Waals surface area contributed by atoms with Gasteiger partial charge in [-0.25, -0.2) is 4.98 Å². The Morgan fingerprint density at radius 1 is 1.07 bits per heavy atom. The maximum Gasteiger partial charge on any atom is 0.223 e. The second-order valence-corrected chi connectivity index (χ2v) is 7.85. The Hall–Kier alpha value is -2.62. The van der Waals surface area contributed by atoms with E-state index in [1.165, 1.54) is 24.8 Å². The van der Waals surface area contributed by atoms with Gasteiger partial charge in [-0.15, -0.1) is 0 Å². The molecule has 1 heterocycles. The van der Waals surface area contributed by atoms with Crippen LogP contribution in [0.2, 0.25) is 0 Å². The molecule has 1 fully saturated rings. The predicted molar refractivity (Wildman–Crippen MR) is 113 cm³/mol. The summed E-state index contributed by atoms with van der Waals surface area (Å²) >= 11 is 0. The summed E-state index contributed by atoms with van der Waals surface area (Å²) in [6.45, 7) is 2.85. The number of aromatic nitrogens is 2. The van der Waals surface area contributed by atoms with Crippen molar-refractivity contribution in [2.45, 2.75) is 51.5 Å². The number of benzene rings is 2. The van der Waals surface area contributed by atoms with Crippen molar-refractivity contribution in [1.82, 2.24) is 14.9 Å². The summed E-state index contributed by atoms with van der Waals surface area (Å²) < 4.78 is 2.32. The van der Waals surface area contributed by atoms with Crippen molar-refractivity contribution in [3.8, 4) is 0 Å². The van der Waals surface area contributed by atoms with Gasteiger partial charge in [0.15, 0.2) is 0 Å². The van der Waals surface area contributed by atoms with Crippen LogP contribution in [0.15, 0.2) is 54.6 Å². The second-order valence-electron chi connectivity index (χ2n) is 7.85. The quantitative estimate of drug-likeness (QED) is 0.667. The number of amides is 1. The first-order valence-electron chi connectivity index (χ1n) is 10.5. The third kappa shape index (κ3) is 3.96. The summed E-state index contributed by atoms with van der Waals surface area (Å²) in [4.78, 5) is 17.3. The lowest BCUT2D eigenvalue weighted by atomic mass is 9.89. The molecule has 1 N–H and O–H groups in total. The molecule has 1 aromatic heterocycles. The molecule has 0 saturated heterocycles. The lowest BCUT2D eigenvalue weighted by Gasteiger charge is -2.21. The van der Waals surface area contributed by atoms with E-state index in [1.807, 2.05) is 12.1 Å². The van der Waals surface area contributed by atoms with Gasteiger partial charge < -0.3 is 9.88 Å². The Morgan fingerprint density at radius 3 is 2.57 bits per heavy atom. The van der Waals surface area contributed by atoms with Crippen LogP contribution in [-0.4, -0.2) is 22.0 Å². The van der Waals surface area contributed by atoms with Gasteiger partial charge in [-0.3, -0.25) is 4.79 Å². The lowest BCUT2D eigenvalue weighted by molar-refractivity contribution is -0.125. The highest BCUT2D eigenvalue weighted by Crippen LogP contribution is 2.26. The molecule has 4 rings (SSSR count). The van der Waals surface area contributed by atoms with E-state index in [-0.39, 0.29) is 17.9 Å². The Balaban J connectivity index is 1.52. The minimum atomic E-state index is 0.192. The van der Waals surface area contributed by atoms with Crippen LogP contribution < -0.4 is 5.32 Å². The molecule has 0 aliphatic heterocycles. The summed E-state index contributed by atoms with van der Waals surface area (Å²) in [5, 5.41) is 3.16. The number of carbonyl (C=O) groups is 1. The molecule has 3 aromatic rings. The highest BCUT2D eigenvalue weighted by molar-refractivity contribution is 5.79. The van der Waals surface area contributed by atoms with E-state index in [2.05, 4.69) is 59.3 Å². The zero-order valence-electron chi connectivity index (χ0n) is 16.6. The number of fused-ring (bicyclic) bond motifs is 1. The molecule has 1 saturated carbocycles. The normalized spacial score (nSPS) is 16.2. The van der Waals surface area contributed by atoms with Gasteiger partial charge in [0.1, 0.15) is 5.82 Å². The molecule has 0 bridgehead atoms. The molecule has 1 aliphatic rings. The second kappa shape index (κ2) is 8.59. The Labute approximate surface area is 167 Å². The molecule has 1 atom stereocenters. The van der Waals surface area contributed by atoms with Gasteiger partial charge in [-0.05, 0) is 37.5 Å².